The van der Waals surface area contributed by atoms with E-state index in [-0.39, 0.29) is 13.2 Å². The number of nitrogens with one attached hydrogen (secondary N) is 1. The van der Waals surface area contributed by atoms with Crippen LogP contribution >= 0.6 is 11.3 Å². The number of hydrogen-bond donors (Lipinski definition) is 4. The van der Waals surface area contributed by atoms with E-state index in [4.69, 9.17) is 21.2 Å². The molecule has 0 aliphatic heterocycles. The Morgan fingerprint density at radius 2 is 2.06 bits per heavy atom. The molecule has 0 radical (unpaired) electrons. The molecule has 0 bridgehead atoms. The summed E-state index contributed by atoms with van der Waals surface area (Å²) in [7, 11) is 0. The van der Waals surface area contributed by atoms with Gasteiger partial charge in [-0.25, -0.2) is 0 Å². The lowest BCUT2D eigenvalue weighted by Crippen LogP contribution is -2.29. The van der Waals surface area contributed by atoms with Crippen molar-refractivity contribution >= 4 is 32.4 Å². The third-order valence-electron chi connectivity index (χ3n) is 2.68. The molecule has 0 fully saturated rings. The average molecular weight is 266 g/mol. The highest BCUT2D eigenvalue weighted by molar-refractivity contribution is 7.23. The second kappa shape index (κ2) is 5.27. The number of fused-ring (bicyclic) bond motifs is 1. The van der Waals surface area contributed by atoms with Crippen LogP contribution in [0.3, 0.4) is 0 Å². The zero-order chi connectivity index (χ0) is 13.1. The van der Waals surface area contributed by atoms with Gasteiger partial charge in [0, 0.05) is 13.1 Å². The molecule has 2 aromatic rings. The van der Waals surface area contributed by atoms with Crippen LogP contribution in [0.25, 0.3) is 10.2 Å². The predicted molar refractivity (Wildman–Crippen MR) is 71.7 cm³/mol. The molecular formula is C11H14N4O2S. The smallest absolute Gasteiger partial charge is 0.110 e. The molecule has 0 aromatic carbocycles. The van der Waals surface area contributed by atoms with E-state index in [1.165, 1.54) is 11.3 Å². The minimum atomic E-state index is -0.0000845. The normalized spacial score (nSPS) is 10.7. The standard InChI is InChI=1S/C11H14N4O2S/c12-6-7-10-8(18-11(7)13)5-9(14-10)15(1-3-16)2-4-17/h5,14,16-17H,1-4,13H2. The highest BCUT2D eigenvalue weighted by atomic mass is 32.1. The molecule has 2 rings (SSSR count). The van der Waals surface area contributed by atoms with E-state index in [1.807, 2.05) is 11.0 Å². The first-order valence-corrected chi connectivity index (χ1v) is 6.30. The molecule has 96 valence electrons. The minimum Gasteiger partial charge on any atom is -0.395 e. The van der Waals surface area contributed by atoms with Crippen LogP contribution in [0.2, 0.25) is 0 Å². The number of nitrogen functional groups attached to an aromatic ring is 1. The van der Waals surface area contributed by atoms with Gasteiger partial charge in [-0.05, 0) is 6.07 Å². The Labute approximate surface area is 108 Å². The number of H-pyrrole nitrogens is 1. The van der Waals surface area contributed by atoms with Crippen molar-refractivity contribution in [1.29, 1.82) is 5.26 Å². The van der Waals surface area contributed by atoms with E-state index in [0.29, 0.717) is 23.7 Å². The number of aromatic amines is 1. The maximum Gasteiger partial charge on any atom is 0.110 e. The molecule has 18 heavy (non-hydrogen) atoms. The zero-order valence-corrected chi connectivity index (χ0v) is 10.5. The number of thiophene rings is 1. The quantitative estimate of drug-likeness (QED) is 0.629. The first-order valence-electron chi connectivity index (χ1n) is 5.49. The Morgan fingerprint density at radius 3 is 2.61 bits per heavy atom. The molecule has 0 amide bonds. The molecule has 0 aliphatic rings. The Bertz CT molecular complexity index is 578. The number of nitriles is 1. The summed E-state index contributed by atoms with van der Waals surface area (Å²) < 4.78 is 0.903. The minimum absolute atomic E-state index is 0.0000845. The highest BCUT2D eigenvalue weighted by Gasteiger charge is 2.15. The lowest BCUT2D eigenvalue weighted by molar-refractivity contribution is 0.281. The first-order chi connectivity index (χ1) is 8.71. The van der Waals surface area contributed by atoms with Gasteiger partial charge in [0.25, 0.3) is 0 Å². The first kappa shape index (κ1) is 12.7. The topological polar surface area (TPSA) is 109 Å². The lowest BCUT2D eigenvalue weighted by atomic mass is 10.3. The van der Waals surface area contributed by atoms with Crippen LogP contribution in [-0.2, 0) is 0 Å². The zero-order valence-electron chi connectivity index (χ0n) is 9.68. The van der Waals surface area contributed by atoms with Gasteiger partial charge in [-0.1, -0.05) is 0 Å². The van der Waals surface area contributed by atoms with Crippen LogP contribution in [0.1, 0.15) is 5.56 Å². The molecule has 5 N–H and O–H groups in total. The third kappa shape index (κ3) is 2.13. The van der Waals surface area contributed by atoms with Crippen molar-refractivity contribution in [2.45, 2.75) is 0 Å². The van der Waals surface area contributed by atoms with Crippen molar-refractivity contribution < 1.29 is 10.2 Å². The van der Waals surface area contributed by atoms with Crippen molar-refractivity contribution in [1.82, 2.24) is 4.98 Å². The molecule has 7 heteroatoms. The SMILES string of the molecule is N#Cc1c(N)sc2cc(N(CCO)CCO)[nH]c12. The number of rotatable bonds is 5. The van der Waals surface area contributed by atoms with Gasteiger partial charge in [0.15, 0.2) is 0 Å². The molecule has 0 atom stereocenters. The Balaban J connectivity index is 2.40. The molecule has 2 heterocycles. The number of nitrogens with zero attached hydrogens (tertiary/aromatic N) is 2. The summed E-state index contributed by atoms with van der Waals surface area (Å²) in [5.41, 5.74) is 6.91. The van der Waals surface area contributed by atoms with Gasteiger partial charge in [0.05, 0.1) is 23.4 Å². The van der Waals surface area contributed by atoms with Crippen LogP contribution in [0.15, 0.2) is 6.07 Å². The molecular weight excluding hydrogens is 252 g/mol. The summed E-state index contributed by atoms with van der Waals surface area (Å²) in [4.78, 5) is 4.94. The summed E-state index contributed by atoms with van der Waals surface area (Å²) in [6, 6.07) is 3.95. The number of aliphatic hydroxyl groups is 2. The number of hydrogen-bond acceptors (Lipinski definition) is 6. The molecule has 0 spiro atoms. The van der Waals surface area contributed by atoms with Gasteiger partial charge < -0.3 is 25.8 Å². The maximum absolute atomic E-state index is 9.02. The fourth-order valence-corrected chi connectivity index (χ4v) is 2.77. The largest absolute Gasteiger partial charge is 0.395 e. The van der Waals surface area contributed by atoms with Crippen molar-refractivity contribution in [3.63, 3.8) is 0 Å². The van der Waals surface area contributed by atoms with Crippen molar-refractivity contribution in [3.8, 4) is 6.07 Å². The summed E-state index contributed by atoms with van der Waals surface area (Å²) in [6.07, 6.45) is 0. The molecule has 0 aliphatic carbocycles. The fraction of sp³-hybridized carbons (Fsp3) is 0.364. The van der Waals surface area contributed by atoms with Crippen molar-refractivity contribution in [2.75, 3.05) is 36.9 Å². The van der Waals surface area contributed by atoms with E-state index in [1.54, 1.807) is 0 Å². The number of aromatic nitrogens is 1. The number of aliphatic hydroxyl groups excluding tert-OH is 2. The van der Waals surface area contributed by atoms with Gasteiger partial charge in [-0.15, -0.1) is 11.3 Å². The van der Waals surface area contributed by atoms with E-state index >= 15 is 0 Å². The Morgan fingerprint density at radius 1 is 1.39 bits per heavy atom. The Hall–Kier alpha value is -1.75. The molecule has 0 saturated carbocycles. The van der Waals surface area contributed by atoms with E-state index in [0.717, 1.165) is 16.0 Å². The third-order valence-corrected chi connectivity index (χ3v) is 3.64. The summed E-state index contributed by atoms with van der Waals surface area (Å²) in [5, 5.41) is 27.5. The van der Waals surface area contributed by atoms with Gasteiger partial charge >= 0.3 is 0 Å². The van der Waals surface area contributed by atoms with Crippen molar-refractivity contribution in [2.24, 2.45) is 0 Å². The van der Waals surface area contributed by atoms with Gasteiger partial charge in [-0.2, -0.15) is 5.26 Å². The van der Waals surface area contributed by atoms with E-state index < -0.39 is 0 Å². The van der Waals surface area contributed by atoms with Crippen LogP contribution in [0.5, 0.6) is 0 Å². The van der Waals surface area contributed by atoms with Crippen LogP contribution in [-0.4, -0.2) is 41.5 Å². The van der Waals surface area contributed by atoms with Gasteiger partial charge in [0.1, 0.15) is 22.5 Å². The summed E-state index contributed by atoms with van der Waals surface area (Å²) in [5.74, 6) is 0.774. The maximum atomic E-state index is 9.02. The second-order valence-electron chi connectivity index (χ2n) is 3.78. The van der Waals surface area contributed by atoms with Gasteiger partial charge in [-0.3, -0.25) is 0 Å². The number of anilines is 2. The lowest BCUT2D eigenvalue weighted by Gasteiger charge is -2.20. The van der Waals surface area contributed by atoms with Crippen LogP contribution in [0.4, 0.5) is 10.8 Å². The fourth-order valence-electron chi connectivity index (χ4n) is 1.86. The summed E-state index contributed by atoms with van der Waals surface area (Å²) >= 11 is 1.35. The molecule has 0 unspecified atom stereocenters. The molecule has 2 aromatic heterocycles. The number of nitrogens with two attached hydrogens (primary N) is 1. The second-order valence-corrected chi connectivity index (χ2v) is 4.86. The monoisotopic (exact) mass is 266 g/mol. The highest BCUT2D eigenvalue weighted by Crippen LogP contribution is 2.35. The summed E-state index contributed by atoms with van der Waals surface area (Å²) in [6.45, 7) is 0.844. The molecule has 6 nitrogen and oxygen atoms in total. The van der Waals surface area contributed by atoms with Crippen LogP contribution in [0, 0.1) is 11.3 Å². The average Bonchev–Trinajstić information content (AvgIpc) is 2.85. The Kier molecular flexibility index (Phi) is 3.72. The van der Waals surface area contributed by atoms with Gasteiger partial charge in [0.2, 0.25) is 0 Å². The van der Waals surface area contributed by atoms with E-state index in [9.17, 15) is 0 Å². The van der Waals surface area contributed by atoms with Crippen LogP contribution < -0.4 is 10.6 Å². The van der Waals surface area contributed by atoms with Crippen molar-refractivity contribution in [3.05, 3.63) is 11.6 Å². The molecule has 0 saturated heterocycles. The predicted octanol–water partition coefficient (Wildman–Crippen LogP) is 0.474. The van der Waals surface area contributed by atoms with E-state index in [2.05, 4.69) is 11.1 Å².